The molecule has 1 aromatic carbocycles. The minimum absolute atomic E-state index is 0.346. The van der Waals surface area contributed by atoms with E-state index in [9.17, 15) is 0 Å². The maximum atomic E-state index is 5.86. The second kappa shape index (κ2) is 5.71. The Balaban J connectivity index is 1.78. The van der Waals surface area contributed by atoms with Gasteiger partial charge in [0.25, 0.3) is 0 Å². The van der Waals surface area contributed by atoms with Crippen LogP contribution in [-0.4, -0.2) is 13.2 Å². The van der Waals surface area contributed by atoms with E-state index in [1.165, 1.54) is 5.56 Å². The predicted molar refractivity (Wildman–Crippen MR) is 64.0 cm³/mol. The SMILES string of the molecule is COC1=CC[C@@H](OCc2ccccc2)CC1. The Morgan fingerprint density at radius 1 is 1.25 bits per heavy atom. The van der Waals surface area contributed by atoms with E-state index in [-0.39, 0.29) is 0 Å². The van der Waals surface area contributed by atoms with E-state index in [1.807, 2.05) is 18.2 Å². The molecule has 0 heterocycles. The monoisotopic (exact) mass is 218 g/mol. The van der Waals surface area contributed by atoms with Crippen LogP contribution in [0.5, 0.6) is 0 Å². The molecule has 2 heteroatoms. The van der Waals surface area contributed by atoms with Crippen LogP contribution in [0.25, 0.3) is 0 Å². The van der Waals surface area contributed by atoms with Crippen molar-refractivity contribution in [2.24, 2.45) is 0 Å². The van der Waals surface area contributed by atoms with E-state index in [0.29, 0.717) is 12.7 Å². The Kier molecular flexibility index (Phi) is 4.00. The van der Waals surface area contributed by atoms with Crippen molar-refractivity contribution in [1.82, 2.24) is 0 Å². The molecule has 0 amide bonds. The summed E-state index contributed by atoms with van der Waals surface area (Å²) in [7, 11) is 1.73. The summed E-state index contributed by atoms with van der Waals surface area (Å²) in [6.45, 7) is 0.710. The summed E-state index contributed by atoms with van der Waals surface area (Å²) in [4.78, 5) is 0. The second-order valence-electron chi connectivity index (χ2n) is 4.07. The maximum absolute atomic E-state index is 5.86. The topological polar surface area (TPSA) is 18.5 Å². The van der Waals surface area contributed by atoms with Crippen LogP contribution in [0.15, 0.2) is 42.2 Å². The van der Waals surface area contributed by atoms with E-state index >= 15 is 0 Å². The van der Waals surface area contributed by atoms with Gasteiger partial charge in [-0.2, -0.15) is 0 Å². The number of allylic oxidation sites excluding steroid dienone is 1. The van der Waals surface area contributed by atoms with Gasteiger partial charge in [-0.1, -0.05) is 30.3 Å². The molecule has 16 heavy (non-hydrogen) atoms. The van der Waals surface area contributed by atoms with Gasteiger partial charge < -0.3 is 9.47 Å². The van der Waals surface area contributed by atoms with Gasteiger partial charge in [0.2, 0.25) is 0 Å². The van der Waals surface area contributed by atoms with Crippen molar-refractivity contribution in [2.75, 3.05) is 7.11 Å². The van der Waals surface area contributed by atoms with Crippen LogP contribution in [-0.2, 0) is 16.1 Å². The molecule has 0 aromatic heterocycles. The summed E-state index contributed by atoms with van der Waals surface area (Å²) in [5.74, 6) is 1.10. The van der Waals surface area contributed by atoms with E-state index in [0.717, 1.165) is 25.0 Å². The second-order valence-corrected chi connectivity index (χ2v) is 4.07. The van der Waals surface area contributed by atoms with Crippen LogP contribution >= 0.6 is 0 Å². The van der Waals surface area contributed by atoms with Gasteiger partial charge in [0.05, 0.1) is 25.6 Å². The van der Waals surface area contributed by atoms with Crippen molar-refractivity contribution in [1.29, 1.82) is 0 Å². The maximum Gasteiger partial charge on any atom is 0.0917 e. The number of ether oxygens (including phenoxy) is 2. The minimum Gasteiger partial charge on any atom is -0.501 e. The van der Waals surface area contributed by atoms with E-state index in [2.05, 4.69) is 18.2 Å². The van der Waals surface area contributed by atoms with Crippen LogP contribution in [0.3, 0.4) is 0 Å². The van der Waals surface area contributed by atoms with Gasteiger partial charge in [-0.05, 0) is 24.5 Å². The molecule has 0 fully saturated rings. The highest BCUT2D eigenvalue weighted by molar-refractivity contribution is 5.13. The Morgan fingerprint density at radius 3 is 2.69 bits per heavy atom. The van der Waals surface area contributed by atoms with E-state index in [4.69, 9.17) is 9.47 Å². The van der Waals surface area contributed by atoms with Crippen molar-refractivity contribution in [3.8, 4) is 0 Å². The molecule has 1 atom stereocenters. The van der Waals surface area contributed by atoms with Crippen LogP contribution in [0.2, 0.25) is 0 Å². The van der Waals surface area contributed by atoms with Crippen molar-refractivity contribution in [3.05, 3.63) is 47.7 Å². The van der Waals surface area contributed by atoms with Gasteiger partial charge in [0.1, 0.15) is 0 Å². The molecule has 0 spiro atoms. The molecular formula is C14H18O2. The molecule has 1 aromatic rings. The third kappa shape index (κ3) is 3.11. The Morgan fingerprint density at radius 2 is 2.06 bits per heavy atom. The highest BCUT2D eigenvalue weighted by Gasteiger charge is 2.14. The largest absolute Gasteiger partial charge is 0.501 e. The zero-order valence-electron chi connectivity index (χ0n) is 9.69. The normalized spacial score (nSPS) is 20.3. The van der Waals surface area contributed by atoms with Crippen molar-refractivity contribution < 1.29 is 9.47 Å². The van der Waals surface area contributed by atoms with Crippen LogP contribution < -0.4 is 0 Å². The molecule has 0 radical (unpaired) electrons. The lowest BCUT2D eigenvalue weighted by atomic mass is 10.0. The molecule has 0 N–H and O–H groups in total. The molecule has 0 unspecified atom stereocenters. The van der Waals surface area contributed by atoms with Gasteiger partial charge in [0.15, 0.2) is 0 Å². The summed E-state index contributed by atoms with van der Waals surface area (Å²) < 4.78 is 11.1. The van der Waals surface area contributed by atoms with Crippen LogP contribution in [0.4, 0.5) is 0 Å². The Labute approximate surface area is 96.9 Å². The minimum atomic E-state index is 0.346. The third-order valence-corrected chi connectivity index (χ3v) is 2.91. The summed E-state index contributed by atoms with van der Waals surface area (Å²) >= 11 is 0. The lowest BCUT2D eigenvalue weighted by Gasteiger charge is -2.21. The van der Waals surface area contributed by atoms with Crippen molar-refractivity contribution in [3.63, 3.8) is 0 Å². The first-order valence-electron chi connectivity index (χ1n) is 5.77. The Hall–Kier alpha value is -1.28. The fourth-order valence-corrected chi connectivity index (χ4v) is 1.91. The third-order valence-electron chi connectivity index (χ3n) is 2.91. The van der Waals surface area contributed by atoms with Crippen molar-refractivity contribution in [2.45, 2.75) is 32.0 Å². The molecule has 1 aliphatic rings. The predicted octanol–water partition coefficient (Wildman–Crippen LogP) is 3.29. The fourth-order valence-electron chi connectivity index (χ4n) is 1.91. The number of hydrogen-bond acceptors (Lipinski definition) is 2. The number of rotatable bonds is 4. The first kappa shape index (κ1) is 11.2. The van der Waals surface area contributed by atoms with Gasteiger partial charge in [-0.15, -0.1) is 0 Å². The zero-order chi connectivity index (χ0) is 11.2. The molecule has 86 valence electrons. The first-order chi connectivity index (χ1) is 7.88. The molecule has 0 bridgehead atoms. The molecular weight excluding hydrogens is 200 g/mol. The lowest BCUT2D eigenvalue weighted by Crippen LogP contribution is -2.16. The van der Waals surface area contributed by atoms with E-state index < -0.39 is 0 Å². The molecule has 0 aliphatic heterocycles. The molecule has 0 saturated heterocycles. The summed E-state index contributed by atoms with van der Waals surface area (Å²) in [5.41, 5.74) is 1.24. The number of methoxy groups -OCH3 is 1. The molecule has 2 rings (SSSR count). The van der Waals surface area contributed by atoms with Gasteiger partial charge in [0, 0.05) is 6.42 Å². The highest BCUT2D eigenvalue weighted by Crippen LogP contribution is 2.21. The summed E-state index contributed by atoms with van der Waals surface area (Å²) in [6, 6.07) is 10.3. The van der Waals surface area contributed by atoms with Gasteiger partial charge >= 0.3 is 0 Å². The standard InChI is InChI=1S/C14H18O2/c1-15-13-7-9-14(10-8-13)16-11-12-5-3-2-4-6-12/h2-7,14H,8-11H2,1H3/t14-/m1/s1. The Bertz CT molecular complexity index is 343. The first-order valence-corrected chi connectivity index (χ1v) is 5.77. The summed E-state index contributed by atoms with van der Waals surface area (Å²) in [6.07, 6.45) is 5.51. The molecule has 1 aliphatic carbocycles. The number of benzene rings is 1. The summed E-state index contributed by atoms with van der Waals surface area (Å²) in [5, 5.41) is 0. The fraction of sp³-hybridized carbons (Fsp3) is 0.429. The molecule has 2 nitrogen and oxygen atoms in total. The highest BCUT2D eigenvalue weighted by atomic mass is 16.5. The smallest absolute Gasteiger partial charge is 0.0917 e. The van der Waals surface area contributed by atoms with Crippen LogP contribution in [0, 0.1) is 0 Å². The zero-order valence-corrected chi connectivity index (χ0v) is 9.69. The number of hydrogen-bond donors (Lipinski definition) is 0. The average Bonchev–Trinajstić information content (AvgIpc) is 2.38. The quantitative estimate of drug-likeness (QED) is 0.772. The lowest BCUT2D eigenvalue weighted by molar-refractivity contribution is 0.0294. The van der Waals surface area contributed by atoms with Crippen LogP contribution in [0.1, 0.15) is 24.8 Å². The van der Waals surface area contributed by atoms with Gasteiger partial charge in [-0.25, -0.2) is 0 Å². The van der Waals surface area contributed by atoms with Crippen molar-refractivity contribution >= 4 is 0 Å². The van der Waals surface area contributed by atoms with Gasteiger partial charge in [-0.3, -0.25) is 0 Å². The average molecular weight is 218 g/mol. The molecule has 0 saturated carbocycles. The van der Waals surface area contributed by atoms with E-state index in [1.54, 1.807) is 7.11 Å².